The Morgan fingerprint density at radius 3 is 2.66 bits per heavy atom. The van der Waals surface area contributed by atoms with Gasteiger partial charge < -0.3 is 20.3 Å². The number of imidazole rings is 1. The van der Waals surface area contributed by atoms with Crippen LogP contribution in [-0.2, 0) is 13.6 Å². The van der Waals surface area contributed by atoms with E-state index in [1.165, 1.54) is 0 Å². The first-order valence-corrected chi connectivity index (χ1v) is 8.87. The van der Waals surface area contributed by atoms with Crippen LogP contribution in [0.1, 0.15) is 18.8 Å². The number of halogens is 1. The van der Waals surface area contributed by atoms with E-state index in [2.05, 4.69) is 40.7 Å². The van der Waals surface area contributed by atoms with E-state index in [4.69, 9.17) is 0 Å². The van der Waals surface area contributed by atoms with E-state index in [9.17, 15) is 9.50 Å². The number of aliphatic hydroxyl groups excluding tert-OH is 1. The normalized spacial score (nSPS) is 12.3. The second kappa shape index (κ2) is 7.75. The molecule has 12 heteroatoms. The van der Waals surface area contributed by atoms with Gasteiger partial charge in [0.05, 0.1) is 49.5 Å². The third-order valence-electron chi connectivity index (χ3n) is 4.13. The van der Waals surface area contributed by atoms with Gasteiger partial charge in [-0.1, -0.05) is 0 Å². The van der Waals surface area contributed by atoms with Crippen LogP contribution in [0.3, 0.4) is 0 Å². The summed E-state index contributed by atoms with van der Waals surface area (Å²) in [5.74, 6) is 1.32. The van der Waals surface area contributed by atoms with Crippen LogP contribution in [0.25, 0.3) is 11.0 Å². The summed E-state index contributed by atoms with van der Waals surface area (Å²) in [6, 6.07) is -0.370. The third kappa shape index (κ3) is 3.96. The minimum Gasteiger partial charge on any atom is -0.394 e. The number of aromatic nitrogens is 8. The molecule has 0 aliphatic carbocycles. The number of hydrogen-bond donors (Lipinski definition) is 3. The molecular weight excluding hydrogens is 379 g/mol. The van der Waals surface area contributed by atoms with E-state index in [0.717, 1.165) is 12.4 Å². The number of hydrogen-bond acceptors (Lipinski definition) is 9. The van der Waals surface area contributed by atoms with Crippen LogP contribution >= 0.6 is 0 Å². The predicted octanol–water partition coefficient (Wildman–Crippen LogP) is 1.40. The molecule has 1 atom stereocenters. The Labute approximate surface area is 164 Å². The monoisotopic (exact) mass is 398 g/mol. The van der Waals surface area contributed by atoms with E-state index in [0.29, 0.717) is 41.0 Å². The van der Waals surface area contributed by atoms with Crippen LogP contribution in [0.15, 0.2) is 31.1 Å². The molecule has 0 radical (unpaired) electrons. The first kappa shape index (κ1) is 18.7. The molecule has 0 saturated carbocycles. The fraction of sp³-hybridized carbons (Fsp3) is 0.294. The molecule has 4 aromatic rings. The Bertz CT molecular complexity index is 1120. The van der Waals surface area contributed by atoms with Crippen molar-refractivity contribution in [2.45, 2.75) is 19.5 Å². The molecular formula is C17H19FN10O. The summed E-state index contributed by atoms with van der Waals surface area (Å²) in [4.78, 5) is 21.3. The van der Waals surface area contributed by atoms with E-state index in [1.54, 1.807) is 17.2 Å². The minimum absolute atomic E-state index is 0.0770. The van der Waals surface area contributed by atoms with Gasteiger partial charge in [0.2, 0.25) is 5.95 Å². The van der Waals surface area contributed by atoms with Crippen LogP contribution in [0.5, 0.6) is 0 Å². The van der Waals surface area contributed by atoms with E-state index < -0.39 is 5.82 Å². The van der Waals surface area contributed by atoms with Crippen LogP contribution in [0, 0.1) is 5.82 Å². The lowest BCUT2D eigenvalue weighted by atomic mass is 10.3. The van der Waals surface area contributed by atoms with Crippen LogP contribution in [-0.4, -0.2) is 51.0 Å². The largest absolute Gasteiger partial charge is 0.394 e. The molecule has 0 saturated heterocycles. The fourth-order valence-corrected chi connectivity index (χ4v) is 2.78. The van der Waals surface area contributed by atoms with Gasteiger partial charge in [0.1, 0.15) is 17.5 Å². The van der Waals surface area contributed by atoms with Gasteiger partial charge in [-0.3, -0.25) is 0 Å². The van der Waals surface area contributed by atoms with Crippen molar-refractivity contribution in [2.24, 2.45) is 7.05 Å². The van der Waals surface area contributed by atoms with Crippen LogP contribution < -0.4 is 10.6 Å². The summed E-state index contributed by atoms with van der Waals surface area (Å²) in [7, 11) is 1.87. The molecule has 3 N–H and O–H groups in total. The van der Waals surface area contributed by atoms with Crippen molar-refractivity contribution in [3.05, 3.63) is 42.8 Å². The molecule has 11 nitrogen and oxygen atoms in total. The van der Waals surface area contributed by atoms with Gasteiger partial charge in [-0.25, -0.2) is 24.0 Å². The predicted molar refractivity (Wildman–Crippen MR) is 103 cm³/mol. The molecule has 1 unspecified atom stereocenters. The SMILES string of the molecule is CC(Nc1nc(Nc2cn(C)cn2)c2cnn(CCO)c2n1)c1ncc(F)cn1. The van der Waals surface area contributed by atoms with Gasteiger partial charge >= 0.3 is 0 Å². The summed E-state index contributed by atoms with van der Waals surface area (Å²) in [6.45, 7) is 2.03. The summed E-state index contributed by atoms with van der Waals surface area (Å²) in [5, 5.41) is 20.5. The van der Waals surface area contributed by atoms with E-state index >= 15 is 0 Å². The molecule has 29 heavy (non-hydrogen) atoms. The molecule has 4 aromatic heterocycles. The fourth-order valence-electron chi connectivity index (χ4n) is 2.78. The van der Waals surface area contributed by atoms with E-state index in [-0.39, 0.29) is 12.6 Å². The number of anilines is 3. The number of fused-ring (bicyclic) bond motifs is 1. The maximum atomic E-state index is 13.1. The van der Waals surface area contributed by atoms with Crippen molar-refractivity contribution < 1.29 is 9.50 Å². The van der Waals surface area contributed by atoms with Crippen molar-refractivity contribution in [3.63, 3.8) is 0 Å². The first-order valence-electron chi connectivity index (χ1n) is 8.87. The molecule has 0 amide bonds. The lowest BCUT2D eigenvalue weighted by molar-refractivity contribution is 0.271. The molecule has 0 aliphatic heterocycles. The highest BCUT2D eigenvalue weighted by molar-refractivity contribution is 5.89. The molecule has 4 heterocycles. The quantitative estimate of drug-likeness (QED) is 0.422. The number of rotatable bonds is 7. The number of nitrogens with one attached hydrogen (secondary N) is 2. The zero-order valence-corrected chi connectivity index (χ0v) is 15.8. The van der Waals surface area contributed by atoms with Crippen molar-refractivity contribution in [3.8, 4) is 0 Å². The zero-order valence-electron chi connectivity index (χ0n) is 15.8. The van der Waals surface area contributed by atoms with Crippen LogP contribution in [0.4, 0.5) is 22.0 Å². The number of aliphatic hydroxyl groups is 1. The Kier molecular flexibility index (Phi) is 4.99. The highest BCUT2D eigenvalue weighted by Crippen LogP contribution is 2.25. The Morgan fingerprint density at radius 1 is 1.17 bits per heavy atom. The van der Waals surface area contributed by atoms with Gasteiger partial charge in [0, 0.05) is 13.2 Å². The average Bonchev–Trinajstić information content (AvgIpc) is 3.29. The Hall–Kier alpha value is -3.67. The second-order valence-corrected chi connectivity index (χ2v) is 6.40. The zero-order chi connectivity index (χ0) is 20.4. The third-order valence-corrected chi connectivity index (χ3v) is 4.13. The highest BCUT2D eigenvalue weighted by Gasteiger charge is 2.16. The van der Waals surface area contributed by atoms with Gasteiger partial charge in [-0.05, 0) is 6.92 Å². The molecule has 0 aromatic carbocycles. The van der Waals surface area contributed by atoms with E-state index in [1.807, 2.05) is 24.7 Å². The summed E-state index contributed by atoms with van der Waals surface area (Å²) in [6.07, 6.45) is 7.33. The Balaban J connectivity index is 1.70. The van der Waals surface area contributed by atoms with Crippen molar-refractivity contribution in [2.75, 3.05) is 17.2 Å². The van der Waals surface area contributed by atoms with Crippen molar-refractivity contribution >= 4 is 28.6 Å². The average molecular weight is 398 g/mol. The Morgan fingerprint density at radius 2 is 1.97 bits per heavy atom. The topological polar surface area (TPSA) is 131 Å². The molecule has 150 valence electrons. The lowest BCUT2D eigenvalue weighted by Crippen LogP contribution is -2.14. The maximum Gasteiger partial charge on any atom is 0.227 e. The van der Waals surface area contributed by atoms with Gasteiger partial charge in [0.25, 0.3) is 0 Å². The first-order chi connectivity index (χ1) is 14.0. The molecule has 0 aliphatic rings. The lowest BCUT2D eigenvalue weighted by Gasteiger charge is -2.14. The van der Waals surface area contributed by atoms with Crippen molar-refractivity contribution in [1.82, 2.24) is 39.3 Å². The van der Waals surface area contributed by atoms with Gasteiger partial charge in [-0.15, -0.1) is 0 Å². The minimum atomic E-state index is -0.506. The molecule has 0 bridgehead atoms. The molecule has 0 spiro atoms. The molecule has 4 rings (SSSR count). The summed E-state index contributed by atoms with van der Waals surface area (Å²) >= 11 is 0. The van der Waals surface area contributed by atoms with Crippen molar-refractivity contribution in [1.29, 1.82) is 0 Å². The summed E-state index contributed by atoms with van der Waals surface area (Å²) < 4.78 is 16.5. The van der Waals surface area contributed by atoms with Gasteiger partial charge in [0.15, 0.2) is 11.5 Å². The summed E-state index contributed by atoms with van der Waals surface area (Å²) in [5.41, 5.74) is 0.544. The number of aryl methyl sites for hydroxylation is 1. The highest BCUT2D eigenvalue weighted by atomic mass is 19.1. The smallest absolute Gasteiger partial charge is 0.227 e. The second-order valence-electron chi connectivity index (χ2n) is 6.40. The maximum absolute atomic E-state index is 13.1. The molecule has 0 fully saturated rings. The van der Waals surface area contributed by atoms with Crippen LogP contribution in [0.2, 0.25) is 0 Å². The van der Waals surface area contributed by atoms with Gasteiger partial charge in [-0.2, -0.15) is 15.1 Å². The standard InChI is InChI=1S/C17H19FN10O/c1-10(14-19-5-11(18)6-20-14)23-17-25-15(24-13-8-27(2)9-21-13)12-7-22-28(3-4-29)16(12)26-17/h5-10,29H,3-4H2,1-2H3,(H2,23,24,25,26). The number of nitrogens with zero attached hydrogens (tertiary/aromatic N) is 8.